The quantitative estimate of drug-likeness (QED) is 0.818. The second kappa shape index (κ2) is 5.41. The van der Waals surface area contributed by atoms with E-state index in [1.165, 1.54) is 4.90 Å². The van der Waals surface area contributed by atoms with Crippen LogP contribution in [0.5, 0.6) is 0 Å². The number of carboxylic acid groups (broad SMARTS) is 1. The summed E-state index contributed by atoms with van der Waals surface area (Å²) < 4.78 is 0. The van der Waals surface area contributed by atoms with Gasteiger partial charge in [-0.1, -0.05) is 0 Å². The Morgan fingerprint density at radius 1 is 1.17 bits per heavy atom. The molecule has 0 aromatic heterocycles. The summed E-state index contributed by atoms with van der Waals surface area (Å²) >= 11 is 0. The Kier molecular flexibility index (Phi) is 3.68. The van der Waals surface area contributed by atoms with E-state index in [1.807, 2.05) is 12.1 Å². The van der Waals surface area contributed by atoms with Crippen LogP contribution in [0.15, 0.2) is 24.3 Å². The molecule has 0 unspecified atom stereocenters. The van der Waals surface area contributed by atoms with E-state index in [-0.39, 0.29) is 0 Å². The summed E-state index contributed by atoms with van der Waals surface area (Å²) in [7, 11) is 0. The fourth-order valence-corrected chi connectivity index (χ4v) is 2.11. The van der Waals surface area contributed by atoms with Crippen molar-refractivity contribution in [1.82, 2.24) is 4.90 Å². The number of hydrogen-bond acceptors (Lipinski definition) is 3. The number of anilines is 1. The van der Waals surface area contributed by atoms with E-state index in [0.717, 1.165) is 18.7 Å². The van der Waals surface area contributed by atoms with Crippen molar-refractivity contribution in [1.29, 1.82) is 5.26 Å². The molecule has 1 aromatic rings. The van der Waals surface area contributed by atoms with Crippen LogP contribution in [0.3, 0.4) is 0 Å². The van der Waals surface area contributed by atoms with Crippen LogP contribution in [0.4, 0.5) is 10.5 Å². The van der Waals surface area contributed by atoms with E-state index < -0.39 is 6.09 Å². The summed E-state index contributed by atoms with van der Waals surface area (Å²) in [6.45, 7) is 2.64. The van der Waals surface area contributed by atoms with Gasteiger partial charge in [-0.3, -0.25) is 0 Å². The van der Waals surface area contributed by atoms with Gasteiger partial charge in [0.05, 0.1) is 11.6 Å². The van der Waals surface area contributed by atoms with Crippen molar-refractivity contribution in [2.45, 2.75) is 6.42 Å². The fourth-order valence-electron chi connectivity index (χ4n) is 2.11. The van der Waals surface area contributed by atoms with E-state index in [0.29, 0.717) is 25.2 Å². The Morgan fingerprint density at radius 3 is 2.50 bits per heavy atom. The molecule has 1 aliphatic rings. The molecule has 0 atom stereocenters. The van der Waals surface area contributed by atoms with Crippen LogP contribution in [-0.4, -0.2) is 42.3 Å². The second-order valence-electron chi connectivity index (χ2n) is 4.27. The van der Waals surface area contributed by atoms with Crippen LogP contribution >= 0.6 is 0 Å². The summed E-state index contributed by atoms with van der Waals surface area (Å²) in [5.41, 5.74) is 1.68. The zero-order valence-corrected chi connectivity index (χ0v) is 10.0. The first-order chi connectivity index (χ1) is 8.70. The molecule has 0 aliphatic carbocycles. The predicted molar refractivity (Wildman–Crippen MR) is 67.6 cm³/mol. The molecule has 0 saturated carbocycles. The molecular weight excluding hydrogens is 230 g/mol. The molecule has 94 valence electrons. The van der Waals surface area contributed by atoms with E-state index in [9.17, 15) is 4.79 Å². The molecular formula is C13H15N3O2. The maximum Gasteiger partial charge on any atom is 0.407 e. The van der Waals surface area contributed by atoms with E-state index >= 15 is 0 Å². The third-order valence-corrected chi connectivity index (χ3v) is 3.13. The highest BCUT2D eigenvalue weighted by Crippen LogP contribution is 2.17. The minimum atomic E-state index is -0.850. The Balaban J connectivity index is 2.05. The second-order valence-corrected chi connectivity index (χ2v) is 4.27. The molecule has 5 nitrogen and oxygen atoms in total. The zero-order chi connectivity index (χ0) is 13.0. The van der Waals surface area contributed by atoms with E-state index in [1.54, 1.807) is 12.1 Å². The maximum absolute atomic E-state index is 10.9. The maximum atomic E-state index is 10.9. The Bertz CT molecular complexity index is 464. The molecule has 1 aliphatic heterocycles. The number of carbonyl (C=O) groups is 1. The number of nitriles is 1. The summed E-state index contributed by atoms with van der Waals surface area (Å²) in [4.78, 5) is 14.5. The van der Waals surface area contributed by atoms with Gasteiger partial charge < -0.3 is 14.9 Å². The third kappa shape index (κ3) is 2.72. The average molecular weight is 245 g/mol. The minimum Gasteiger partial charge on any atom is -0.465 e. The van der Waals surface area contributed by atoms with Crippen molar-refractivity contribution in [3.8, 4) is 6.07 Å². The third-order valence-electron chi connectivity index (χ3n) is 3.13. The Labute approximate surface area is 106 Å². The highest BCUT2D eigenvalue weighted by atomic mass is 16.4. The normalized spacial score (nSPS) is 15.9. The lowest BCUT2D eigenvalue weighted by molar-refractivity contribution is 0.148. The van der Waals surface area contributed by atoms with Crippen LogP contribution in [0.2, 0.25) is 0 Å². The van der Waals surface area contributed by atoms with Gasteiger partial charge in [0.1, 0.15) is 0 Å². The van der Waals surface area contributed by atoms with Gasteiger partial charge >= 0.3 is 6.09 Å². The molecule has 1 heterocycles. The largest absolute Gasteiger partial charge is 0.465 e. The van der Waals surface area contributed by atoms with Gasteiger partial charge in [0.2, 0.25) is 0 Å². The monoisotopic (exact) mass is 245 g/mol. The number of rotatable bonds is 1. The molecule has 2 rings (SSSR count). The number of hydrogen-bond donors (Lipinski definition) is 1. The zero-order valence-electron chi connectivity index (χ0n) is 10.0. The molecule has 1 saturated heterocycles. The highest BCUT2D eigenvalue weighted by molar-refractivity contribution is 5.65. The first-order valence-corrected chi connectivity index (χ1v) is 5.93. The SMILES string of the molecule is N#Cc1ccc(N2CCCN(C(=O)O)CC2)cc1. The van der Waals surface area contributed by atoms with Crippen molar-refractivity contribution in [2.75, 3.05) is 31.1 Å². The molecule has 18 heavy (non-hydrogen) atoms. The van der Waals surface area contributed by atoms with Crippen molar-refractivity contribution in [3.05, 3.63) is 29.8 Å². The van der Waals surface area contributed by atoms with Crippen LogP contribution < -0.4 is 4.90 Å². The number of nitrogens with zero attached hydrogens (tertiary/aromatic N) is 3. The molecule has 1 aromatic carbocycles. The van der Waals surface area contributed by atoms with Gasteiger partial charge in [0.25, 0.3) is 0 Å². The molecule has 5 heteroatoms. The average Bonchev–Trinajstić information content (AvgIpc) is 2.64. The molecule has 1 fully saturated rings. The van der Waals surface area contributed by atoms with Crippen molar-refractivity contribution in [3.63, 3.8) is 0 Å². The van der Waals surface area contributed by atoms with Gasteiger partial charge in [-0.05, 0) is 30.7 Å². The number of benzene rings is 1. The summed E-state index contributed by atoms with van der Waals surface area (Å²) in [6.07, 6.45) is -0.0246. The topological polar surface area (TPSA) is 67.6 Å². The first kappa shape index (κ1) is 12.2. The summed E-state index contributed by atoms with van der Waals surface area (Å²) in [5.74, 6) is 0. The van der Waals surface area contributed by atoms with E-state index in [2.05, 4.69) is 11.0 Å². The van der Waals surface area contributed by atoms with Crippen LogP contribution in [0.1, 0.15) is 12.0 Å². The van der Waals surface area contributed by atoms with E-state index in [4.69, 9.17) is 10.4 Å². The van der Waals surface area contributed by atoms with Gasteiger partial charge in [-0.15, -0.1) is 0 Å². The lowest BCUT2D eigenvalue weighted by atomic mass is 10.2. The van der Waals surface area contributed by atoms with Gasteiger partial charge in [-0.2, -0.15) is 5.26 Å². The molecule has 0 bridgehead atoms. The smallest absolute Gasteiger partial charge is 0.407 e. The number of amides is 1. The first-order valence-electron chi connectivity index (χ1n) is 5.93. The van der Waals surface area contributed by atoms with Gasteiger partial charge in [0, 0.05) is 31.9 Å². The molecule has 0 radical (unpaired) electrons. The predicted octanol–water partition coefficient (Wildman–Crippen LogP) is 1.75. The standard InChI is InChI=1S/C13H15N3O2/c14-10-11-2-4-12(5-3-11)15-6-1-7-16(9-8-15)13(17)18/h2-5H,1,6-9H2,(H,17,18). The Morgan fingerprint density at radius 2 is 1.89 bits per heavy atom. The highest BCUT2D eigenvalue weighted by Gasteiger charge is 2.18. The van der Waals surface area contributed by atoms with Crippen molar-refractivity contribution >= 4 is 11.8 Å². The van der Waals surface area contributed by atoms with Crippen LogP contribution in [-0.2, 0) is 0 Å². The molecule has 0 spiro atoms. The Hall–Kier alpha value is -2.22. The van der Waals surface area contributed by atoms with Crippen LogP contribution in [0, 0.1) is 11.3 Å². The van der Waals surface area contributed by atoms with Crippen LogP contribution in [0.25, 0.3) is 0 Å². The van der Waals surface area contributed by atoms with Crippen molar-refractivity contribution in [2.24, 2.45) is 0 Å². The molecule has 1 amide bonds. The summed E-state index contributed by atoms with van der Waals surface area (Å²) in [5, 5.41) is 17.7. The van der Waals surface area contributed by atoms with Crippen molar-refractivity contribution < 1.29 is 9.90 Å². The lowest BCUT2D eigenvalue weighted by Crippen LogP contribution is -2.34. The lowest BCUT2D eigenvalue weighted by Gasteiger charge is -2.22. The summed E-state index contributed by atoms with van der Waals surface area (Å²) in [6, 6.07) is 9.48. The van der Waals surface area contributed by atoms with Gasteiger partial charge in [0.15, 0.2) is 0 Å². The van der Waals surface area contributed by atoms with Gasteiger partial charge in [-0.25, -0.2) is 4.79 Å². The fraction of sp³-hybridized carbons (Fsp3) is 0.385. The molecule has 1 N–H and O–H groups in total. The minimum absolute atomic E-state index is 0.523.